The molecular formula is C24H41NO6S. The quantitative estimate of drug-likeness (QED) is 0.290. The number of thioether (sulfide) groups is 1. The molecule has 2 saturated heterocycles. The van der Waals surface area contributed by atoms with E-state index in [4.69, 9.17) is 4.74 Å². The number of hydrogen-bond acceptors (Lipinski definition) is 8. The standard InChI is InChI=1S/C24H41NO6S/c1-5-23(4,9-8-17(27)16-7-6-11-25-16)14-22(2,3)10-12-32-21-18-20(29)19(28)15(13-26)24(18,30)31-21/h8-9,15-16,18-21,25-26,28-30H,5-7,10-14H2,1-4H3. The second kappa shape index (κ2) is 10.0. The Bertz CT molecular complexity index is 696. The summed E-state index contributed by atoms with van der Waals surface area (Å²) >= 11 is 1.54. The second-order valence-corrected chi connectivity index (χ2v) is 12.1. The summed E-state index contributed by atoms with van der Waals surface area (Å²) in [6.45, 7) is 9.29. The van der Waals surface area contributed by atoms with Crippen molar-refractivity contribution >= 4 is 17.5 Å². The molecule has 0 aromatic rings. The summed E-state index contributed by atoms with van der Waals surface area (Å²) in [5.74, 6) is -2.17. The van der Waals surface area contributed by atoms with Gasteiger partial charge in [-0.25, -0.2) is 0 Å². The summed E-state index contributed by atoms with van der Waals surface area (Å²) in [4.78, 5) is 12.4. The van der Waals surface area contributed by atoms with E-state index >= 15 is 0 Å². The fourth-order valence-corrected chi connectivity index (χ4v) is 7.22. The van der Waals surface area contributed by atoms with Crippen molar-refractivity contribution in [3.8, 4) is 0 Å². The van der Waals surface area contributed by atoms with Gasteiger partial charge in [-0.15, -0.1) is 11.8 Å². The molecule has 184 valence electrons. The third kappa shape index (κ3) is 5.27. The van der Waals surface area contributed by atoms with Crippen LogP contribution in [-0.2, 0) is 9.53 Å². The second-order valence-electron chi connectivity index (χ2n) is 10.9. The summed E-state index contributed by atoms with van der Waals surface area (Å²) in [6, 6.07) is -0.0345. The molecule has 3 fully saturated rings. The fraction of sp³-hybridized carbons (Fsp3) is 0.875. The number of ether oxygens (including phenoxy) is 1. The number of nitrogens with one attached hydrogen (secondary N) is 1. The maximum absolute atomic E-state index is 12.4. The van der Waals surface area contributed by atoms with E-state index in [2.05, 4.69) is 39.1 Å². The van der Waals surface area contributed by atoms with Crippen LogP contribution in [0.4, 0.5) is 0 Å². The van der Waals surface area contributed by atoms with Gasteiger partial charge < -0.3 is 30.5 Å². The number of aliphatic hydroxyl groups is 4. The van der Waals surface area contributed by atoms with Crippen LogP contribution in [0.2, 0.25) is 0 Å². The highest BCUT2D eigenvalue weighted by Crippen LogP contribution is 2.56. The SMILES string of the molecule is CCC(C)(C=CC(=O)C1CCCN1)CC(C)(C)CCSC1OC2(O)C(CO)C(O)C(O)C12. The zero-order valence-electron chi connectivity index (χ0n) is 19.8. The number of allylic oxidation sites excluding steroid dienone is 1. The van der Waals surface area contributed by atoms with Gasteiger partial charge in [0.25, 0.3) is 0 Å². The van der Waals surface area contributed by atoms with Crippen molar-refractivity contribution in [2.75, 3.05) is 18.9 Å². The number of hydrogen-bond donors (Lipinski definition) is 5. The van der Waals surface area contributed by atoms with Gasteiger partial charge in [0.05, 0.1) is 36.7 Å². The monoisotopic (exact) mass is 471 g/mol. The van der Waals surface area contributed by atoms with Crippen molar-refractivity contribution in [2.45, 2.75) is 89.3 Å². The molecule has 0 aromatic carbocycles. The van der Waals surface area contributed by atoms with Crippen molar-refractivity contribution in [2.24, 2.45) is 22.7 Å². The first kappa shape index (κ1) is 26.1. The molecule has 0 radical (unpaired) electrons. The summed E-state index contributed by atoms with van der Waals surface area (Å²) in [5, 5.41) is 43.7. The van der Waals surface area contributed by atoms with Crippen LogP contribution in [0.5, 0.6) is 0 Å². The van der Waals surface area contributed by atoms with Crippen LogP contribution in [0.1, 0.15) is 59.8 Å². The molecule has 0 aromatic heterocycles. The van der Waals surface area contributed by atoms with Crippen LogP contribution in [-0.4, -0.2) is 74.6 Å². The van der Waals surface area contributed by atoms with Gasteiger partial charge in [0, 0.05) is 0 Å². The van der Waals surface area contributed by atoms with Gasteiger partial charge in [-0.05, 0) is 61.3 Å². The average Bonchev–Trinajstić information content (AvgIpc) is 3.30. The Kier molecular flexibility index (Phi) is 8.18. The lowest BCUT2D eigenvalue weighted by atomic mass is 9.71. The first-order chi connectivity index (χ1) is 15.0. The Morgan fingerprint density at radius 2 is 2.00 bits per heavy atom. The van der Waals surface area contributed by atoms with Crippen LogP contribution in [0, 0.1) is 22.7 Å². The van der Waals surface area contributed by atoms with Gasteiger partial charge in [-0.2, -0.15) is 0 Å². The van der Waals surface area contributed by atoms with E-state index in [-0.39, 0.29) is 22.7 Å². The molecule has 3 aliphatic rings. The Labute approximate surface area is 196 Å². The highest BCUT2D eigenvalue weighted by molar-refractivity contribution is 7.99. The molecule has 8 unspecified atom stereocenters. The van der Waals surface area contributed by atoms with Gasteiger partial charge in [-0.3, -0.25) is 4.79 Å². The first-order valence-corrected chi connectivity index (χ1v) is 13.0. The molecule has 0 spiro atoms. The van der Waals surface area contributed by atoms with Crippen molar-refractivity contribution in [3.63, 3.8) is 0 Å². The molecule has 2 heterocycles. The molecule has 1 aliphatic carbocycles. The van der Waals surface area contributed by atoms with Gasteiger partial charge in [0.15, 0.2) is 11.6 Å². The van der Waals surface area contributed by atoms with Crippen LogP contribution >= 0.6 is 11.8 Å². The maximum Gasteiger partial charge on any atom is 0.183 e. The lowest BCUT2D eigenvalue weighted by Gasteiger charge is -2.49. The van der Waals surface area contributed by atoms with Gasteiger partial charge in [0.1, 0.15) is 5.44 Å². The number of ketones is 1. The fourth-order valence-electron chi connectivity index (χ4n) is 5.53. The van der Waals surface area contributed by atoms with E-state index in [9.17, 15) is 25.2 Å². The molecule has 5 N–H and O–H groups in total. The predicted molar refractivity (Wildman–Crippen MR) is 125 cm³/mol. The Hall–Kier alpha value is -0.480. The number of aliphatic hydroxyl groups excluding tert-OH is 3. The van der Waals surface area contributed by atoms with Crippen molar-refractivity contribution in [3.05, 3.63) is 12.2 Å². The van der Waals surface area contributed by atoms with Crippen LogP contribution < -0.4 is 5.32 Å². The molecular weight excluding hydrogens is 430 g/mol. The van der Waals surface area contributed by atoms with Crippen molar-refractivity contribution in [1.82, 2.24) is 5.32 Å². The third-order valence-electron chi connectivity index (χ3n) is 7.74. The van der Waals surface area contributed by atoms with E-state index in [1.807, 2.05) is 0 Å². The topological polar surface area (TPSA) is 119 Å². The lowest BCUT2D eigenvalue weighted by Crippen LogP contribution is -2.61. The Morgan fingerprint density at radius 1 is 1.28 bits per heavy atom. The summed E-state index contributed by atoms with van der Waals surface area (Å²) in [7, 11) is 0. The summed E-state index contributed by atoms with van der Waals surface area (Å²) in [6.07, 6.45) is 6.33. The zero-order chi connectivity index (χ0) is 23.7. The Balaban J connectivity index is 1.50. The van der Waals surface area contributed by atoms with Crippen LogP contribution in [0.25, 0.3) is 0 Å². The largest absolute Gasteiger partial charge is 0.396 e. The minimum atomic E-state index is -1.65. The lowest BCUT2D eigenvalue weighted by molar-refractivity contribution is -0.355. The molecule has 0 amide bonds. The summed E-state index contributed by atoms with van der Waals surface area (Å²) in [5.41, 5.74) is -0.445. The molecule has 7 nitrogen and oxygen atoms in total. The van der Waals surface area contributed by atoms with Crippen LogP contribution in [0.15, 0.2) is 12.2 Å². The minimum absolute atomic E-state index is 0.0260. The van der Waals surface area contributed by atoms with Gasteiger partial charge >= 0.3 is 0 Å². The molecule has 0 bridgehead atoms. The number of carbonyl (C=O) groups is 1. The van der Waals surface area contributed by atoms with Crippen molar-refractivity contribution in [1.29, 1.82) is 0 Å². The van der Waals surface area contributed by atoms with Gasteiger partial charge in [-0.1, -0.05) is 33.8 Å². The number of fused-ring (bicyclic) bond motifs is 1. The first-order valence-electron chi connectivity index (χ1n) is 11.9. The van der Waals surface area contributed by atoms with Gasteiger partial charge in [0.2, 0.25) is 0 Å². The maximum atomic E-state index is 12.4. The van der Waals surface area contributed by atoms with E-state index < -0.39 is 41.9 Å². The number of carbonyl (C=O) groups excluding carboxylic acids is 1. The molecule has 1 saturated carbocycles. The highest BCUT2D eigenvalue weighted by Gasteiger charge is 2.70. The number of rotatable bonds is 11. The Morgan fingerprint density at radius 3 is 2.59 bits per heavy atom. The molecule has 32 heavy (non-hydrogen) atoms. The third-order valence-corrected chi connectivity index (χ3v) is 8.90. The average molecular weight is 472 g/mol. The van der Waals surface area contributed by atoms with Crippen LogP contribution in [0.3, 0.4) is 0 Å². The highest BCUT2D eigenvalue weighted by atomic mass is 32.2. The van der Waals surface area contributed by atoms with E-state index in [1.54, 1.807) is 6.08 Å². The van der Waals surface area contributed by atoms with E-state index in [0.717, 1.165) is 44.4 Å². The smallest absolute Gasteiger partial charge is 0.183 e. The van der Waals surface area contributed by atoms with E-state index in [1.165, 1.54) is 11.8 Å². The molecule has 3 rings (SSSR count). The minimum Gasteiger partial charge on any atom is -0.396 e. The molecule has 8 heteroatoms. The zero-order valence-corrected chi connectivity index (χ0v) is 20.6. The molecule has 8 atom stereocenters. The summed E-state index contributed by atoms with van der Waals surface area (Å²) < 4.78 is 5.63. The predicted octanol–water partition coefficient (Wildman–Crippen LogP) is 1.82. The normalized spacial score (nSPS) is 39.1. The van der Waals surface area contributed by atoms with E-state index in [0.29, 0.717) is 0 Å². The molecule has 2 aliphatic heterocycles. The van der Waals surface area contributed by atoms with Crippen molar-refractivity contribution < 1.29 is 30.0 Å².